The molecule has 8 atom stereocenters. The molecule has 0 amide bonds. The molecule has 31 heavy (non-hydrogen) atoms. The van der Waals surface area contributed by atoms with Crippen LogP contribution in [0.4, 0.5) is 0 Å². The Morgan fingerprint density at radius 1 is 0.968 bits per heavy atom. The lowest BCUT2D eigenvalue weighted by Crippen LogP contribution is -2.56. The summed E-state index contributed by atoms with van der Waals surface area (Å²) in [6.07, 6.45) is 13.4. The summed E-state index contributed by atoms with van der Waals surface area (Å²) in [6.45, 7) is 9.21. The SMILES string of the molecule is COC(=O)CCC(C)[C@H]1CCC2C3CC[C@H]4CC5(CC[C@]4(C)C3CC[C@@]21C)OCCO5. The monoisotopic (exact) mass is 432 g/mol. The van der Waals surface area contributed by atoms with E-state index in [9.17, 15) is 4.79 Å². The number of fused-ring (bicyclic) bond motifs is 5. The summed E-state index contributed by atoms with van der Waals surface area (Å²) >= 11 is 0. The highest BCUT2D eigenvalue weighted by atomic mass is 16.7. The first kappa shape index (κ1) is 22.2. The molecule has 4 aliphatic carbocycles. The molecule has 4 heteroatoms. The highest BCUT2D eigenvalue weighted by Gasteiger charge is 2.62. The van der Waals surface area contributed by atoms with E-state index in [-0.39, 0.29) is 11.8 Å². The van der Waals surface area contributed by atoms with Gasteiger partial charge in [-0.15, -0.1) is 0 Å². The van der Waals surface area contributed by atoms with Crippen molar-refractivity contribution in [2.45, 2.75) is 97.2 Å². The third-order valence-electron chi connectivity index (χ3n) is 11.3. The van der Waals surface area contributed by atoms with E-state index in [0.717, 1.165) is 62.1 Å². The van der Waals surface area contributed by atoms with Crippen LogP contribution >= 0.6 is 0 Å². The lowest BCUT2D eigenvalue weighted by atomic mass is 9.44. The molecule has 1 saturated heterocycles. The van der Waals surface area contributed by atoms with Gasteiger partial charge in [0.1, 0.15) is 0 Å². The first-order valence-corrected chi connectivity index (χ1v) is 13.2. The van der Waals surface area contributed by atoms with Gasteiger partial charge < -0.3 is 14.2 Å². The van der Waals surface area contributed by atoms with Gasteiger partial charge in [-0.3, -0.25) is 4.79 Å². The number of methoxy groups -OCH3 is 1. The van der Waals surface area contributed by atoms with Crippen LogP contribution in [0, 0.1) is 46.3 Å². The third-order valence-corrected chi connectivity index (χ3v) is 11.3. The lowest BCUT2D eigenvalue weighted by molar-refractivity contribution is -0.229. The van der Waals surface area contributed by atoms with Gasteiger partial charge in [-0.25, -0.2) is 0 Å². The van der Waals surface area contributed by atoms with Crippen LogP contribution < -0.4 is 0 Å². The van der Waals surface area contributed by atoms with Crippen molar-refractivity contribution >= 4 is 5.97 Å². The van der Waals surface area contributed by atoms with Gasteiger partial charge in [0.2, 0.25) is 0 Å². The predicted octanol–water partition coefficient (Wildman–Crippen LogP) is 5.98. The Morgan fingerprint density at radius 3 is 2.45 bits per heavy atom. The Balaban J connectivity index is 1.30. The van der Waals surface area contributed by atoms with Gasteiger partial charge in [-0.2, -0.15) is 0 Å². The molecule has 1 aliphatic heterocycles. The van der Waals surface area contributed by atoms with Gasteiger partial charge in [0.25, 0.3) is 0 Å². The number of hydrogen-bond donors (Lipinski definition) is 0. The Kier molecular flexibility index (Phi) is 5.73. The molecule has 5 fully saturated rings. The summed E-state index contributed by atoms with van der Waals surface area (Å²) in [6, 6.07) is 0. The quantitative estimate of drug-likeness (QED) is 0.513. The molecule has 5 rings (SSSR count). The van der Waals surface area contributed by atoms with Crippen molar-refractivity contribution in [1.82, 2.24) is 0 Å². The van der Waals surface area contributed by atoms with Crippen molar-refractivity contribution in [3.8, 4) is 0 Å². The van der Waals surface area contributed by atoms with E-state index >= 15 is 0 Å². The molecule has 176 valence electrons. The molecular formula is C27H44O4. The highest BCUT2D eigenvalue weighted by molar-refractivity contribution is 5.69. The summed E-state index contributed by atoms with van der Waals surface area (Å²) in [4.78, 5) is 11.7. The van der Waals surface area contributed by atoms with Crippen LogP contribution in [0.15, 0.2) is 0 Å². The van der Waals surface area contributed by atoms with Crippen molar-refractivity contribution in [3.63, 3.8) is 0 Å². The molecule has 0 aromatic rings. The molecule has 1 spiro atoms. The first-order chi connectivity index (χ1) is 14.8. The molecule has 1 heterocycles. The van der Waals surface area contributed by atoms with Crippen LogP contribution in [-0.2, 0) is 19.0 Å². The van der Waals surface area contributed by atoms with E-state index in [0.29, 0.717) is 23.2 Å². The van der Waals surface area contributed by atoms with Crippen LogP contribution in [0.5, 0.6) is 0 Å². The summed E-state index contributed by atoms with van der Waals surface area (Å²) in [5, 5.41) is 0. The zero-order valence-electron chi connectivity index (χ0n) is 20.3. The fourth-order valence-corrected chi connectivity index (χ4v) is 9.58. The van der Waals surface area contributed by atoms with Gasteiger partial charge in [0.05, 0.1) is 20.3 Å². The molecule has 0 bridgehead atoms. The number of hydrogen-bond acceptors (Lipinski definition) is 4. The highest BCUT2D eigenvalue weighted by Crippen LogP contribution is 2.69. The van der Waals surface area contributed by atoms with E-state index in [2.05, 4.69) is 20.8 Å². The summed E-state index contributed by atoms with van der Waals surface area (Å²) in [7, 11) is 1.51. The second kappa shape index (κ2) is 8.01. The van der Waals surface area contributed by atoms with E-state index in [1.807, 2.05) is 0 Å². The van der Waals surface area contributed by atoms with Crippen molar-refractivity contribution < 1.29 is 19.0 Å². The van der Waals surface area contributed by atoms with Crippen molar-refractivity contribution in [2.75, 3.05) is 20.3 Å². The van der Waals surface area contributed by atoms with Crippen LogP contribution in [0.2, 0.25) is 0 Å². The summed E-state index contributed by atoms with van der Waals surface area (Å²) in [5.74, 6) is 4.52. The van der Waals surface area contributed by atoms with Crippen LogP contribution in [-0.4, -0.2) is 32.1 Å². The third kappa shape index (κ3) is 3.50. The number of ether oxygens (including phenoxy) is 3. The molecule has 0 radical (unpaired) electrons. The maximum absolute atomic E-state index is 11.7. The molecule has 0 aromatic heterocycles. The molecule has 0 aromatic carbocycles. The number of carbonyl (C=O) groups excluding carboxylic acids is 1. The summed E-state index contributed by atoms with van der Waals surface area (Å²) < 4.78 is 17.2. The molecule has 4 saturated carbocycles. The largest absolute Gasteiger partial charge is 0.469 e. The summed E-state index contributed by atoms with van der Waals surface area (Å²) in [5.41, 5.74) is 0.937. The van der Waals surface area contributed by atoms with Gasteiger partial charge in [0.15, 0.2) is 5.79 Å². The fourth-order valence-electron chi connectivity index (χ4n) is 9.58. The van der Waals surface area contributed by atoms with E-state index in [1.165, 1.54) is 52.1 Å². The standard InChI is InChI=1S/C27H44O4/c1-18(5-10-24(28)29-4)21-8-9-22-20-7-6-19-17-27(30-15-16-31-27)14-13-25(19,2)23(20)11-12-26(21,22)3/h18-23H,5-17H2,1-4H3/t18?,19-,20?,21+,22?,23?,25-,26+/m0/s1. The smallest absolute Gasteiger partial charge is 0.305 e. The number of carbonyl (C=O) groups is 1. The zero-order chi connectivity index (χ0) is 21.9. The lowest BCUT2D eigenvalue weighted by Gasteiger charge is -2.62. The zero-order valence-corrected chi connectivity index (χ0v) is 20.3. The first-order valence-electron chi connectivity index (χ1n) is 13.2. The van der Waals surface area contributed by atoms with Crippen LogP contribution in [0.25, 0.3) is 0 Å². The minimum absolute atomic E-state index is 0.0493. The minimum atomic E-state index is -0.242. The van der Waals surface area contributed by atoms with Gasteiger partial charge in [-0.1, -0.05) is 20.8 Å². The van der Waals surface area contributed by atoms with Crippen LogP contribution in [0.3, 0.4) is 0 Å². The maximum atomic E-state index is 11.7. The van der Waals surface area contributed by atoms with E-state index in [1.54, 1.807) is 0 Å². The van der Waals surface area contributed by atoms with Gasteiger partial charge in [0, 0.05) is 19.3 Å². The Bertz CT molecular complexity index is 685. The maximum Gasteiger partial charge on any atom is 0.305 e. The molecule has 5 aliphatic rings. The van der Waals surface area contributed by atoms with Crippen molar-refractivity contribution in [2.24, 2.45) is 46.3 Å². The number of rotatable bonds is 4. The average molecular weight is 433 g/mol. The molecule has 4 nitrogen and oxygen atoms in total. The van der Waals surface area contributed by atoms with Crippen LogP contribution in [0.1, 0.15) is 91.4 Å². The normalized spacial score (nSPS) is 46.8. The van der Waals surface area contributed by atoms with E-state index in [4.69, 9.17) is 14.2 Å². The van der Waals surface area contributed by atoms with Gasteiger partial charge in [-0.05, 0) is 97.7 Å². The molecule has 4 unspecified atom stereocenters. The second-order valence-corrected chi connectivity index (χ2v) is 12.3. The van der Waals surface area contributed by atoms with Crippen molar-refractivity contribution in [1.29, 1.82) is 0 Å². The average Bonchev–Trinajstić information content (AvgIpc) is 3.36. The number of esters is 1. The predicted molar refractivity (Wildman–Crippen MR) is 120 cm³/mol. The Labute approximate surface area is 189 Å². The van der Waals surface area contributed by atoms with E-state index < -0.39 is 0 Å². The fraction of sp³-hybridized carbons (Fsp3) is 0.963. The topological polar surface area (TPSA) is 44.8 Å². The Morgan fingerprint density at radius 2 is 1.71 bits per heavy atom. The minimum Gasteiger partial charge on any atom is -0.469 e. The Hall–Kier alpha value is -0.610. The van der Waals surface area contributed by atoms with Crippen molar-refractivity contribution in [3.05, 3.63) is 0 Å². The van der Waals surface area contributed by atoms with Gasteiger partial charge >= 0.3 is 5.97 Å². The molecule has 0 N–H and O–H groups in total. The second-order valence-electron chi connectivity index (χ2n) is 12.3. The molecular weight excluding hydrogens is 388 g/mol.